The quantitative estimate of drug-likeness (QED) is 0.863. The molecule has 0 heterocycles. The Morgan fingerprint density at radius 2 is 1.69 bits per heavy atom. The van der Waals surface area contributed by atoms with E-state index >= 15 is 0 Å². The number of carbonyl (C=O) groups excluding carboxylic acids is 2. The van der Waals surface area contributed by atoms with Gasteiger partial charge in [-0.05, 0) is 50.9 Å². The highest BCUT2D eigenvalue weighted by molar-refractivity contribution is 6.07. The number of benzene rings is 2. The van der Waals surface area contributed by atoms with Crippen molar-refractivity contribution >= 4 is 22.6 Å². The van der Waals surface area contributed by atoms with Crippen molar-refractivity contribution in [3.05, 3.63) is 47.8 Å². The molecule has 6 heteroatoms. The average Bonchev–Trinajstić information content (AvgIpc) is 3.01. The summed E-state index contributed by atoms with van der Waals surface area (Å²) in [7, 11) is 3.70. The van der Waals surface area contributed by atoms with E-state index in [2.05, 4.69) is 10.6 Å². The number of likely N-dealkylation sites (N-methyl/N-ethyl adjacent to an activating group) is 1. The van der Waals surface area contributed by atoms with Gasteiger partial charge in [-0.2, -0.15) is 0 Å². The third-order valence-corrected chi connectivity index (χ3v) is 4.71. The summed E-state index contributed by atoms with van der Waals surface area (Å²) in [6, 6.07) is 9.93. The smallest absolute Gasteiger partial charge is 0.252 e. The van der Waals surface area contributed by atoms with Crippen LogP contribution in [0.3, 0.4) is 0 Å². The zero-order valence-electron chi connectivity index (χ0n) is 15.1. The molecule has 1 aliphatic carbocycles. The molecule has 0 bridgehead atoms. The minimum atomic E-state index is -0.332. The molecule has 0 spiro atoms. The lowest BCUT2D eigenvalue weighted by Crippen LogP contribution is -2.40. The third-order valence-electron chi connectivity index (χ3n) is 4.71. The number of nitrogens with zero attached hydrogens (tertiary/aromatic N) is 1. The second-order valence-electron chi connectivity index (χ2n) is 7.13. The van der Waals surface area contributed by atoms with Gasteiger partial charge in [0.05, 0.1) is 6.54 Å². The fourth-order valence-corrected chi connectivity index (χ4v) is 3.53. The molecule has 0 saturated heterocycles. The van der Waals surface area contributed by atoms with Gasteiger partial charge in [-0.3, -0.25) is 9.59 Å². The van der Waals surface area contributed by atoms with Crippen LogP contribution in [0.4, 0.5) is 4.39 Å². The lowest BCUT2D eigenvalue weighted by atomic mass is 10.0. The van der Waals surface area contributed by atoms with Crippen molar-refractivity contribution in [2.75, 3.05) is 20.6 Å². The summed E-state index contributed by atoms with van der Waals surface area (Å²) in [5.41, 5.74) is 0.474. The van der Waals surface area contributed by atoms with Gasteiger partial charge >= 0.3 is 0 Å². The number of carbonyl (C=O) groups is 2. The van der Waals surface area contributed by atoms with E-state index in [1.54, 1.807) is 24.3 Å². The molecule has 2 aromatic carbocycles. The standard InChI is InChI=1S/C20H24FN3O2/c1-24(2)12-19(25)22-13-7-8-14(11-13)23-20(26)17-9-10-18(21)16-6-4-3-5-15(16)17/h3-6,9-10,13-14H,7-8,11-12H2,1-2H3,(H,22,25)(H,23,26)/t13-,14+/m1/s1. The van der Waals surface area contributed by atoms with Gasteiger partial charge in [0.25, 0.3) is 5.91 Å². The van der Waals surface area contributed by atoms with Gasteiger partial charge in [0.1, 0.15) is 5.82 Å². The highest BCUT2D eigenvalue weighted by Gasteiger charge is 2.27. The molecule has 3 rings (SSSR count). The van der Waals surface area contributed by atoms with Gasteiger partial charge in [0.2, 0.25) is 5.91 Å². The molecule has 26 heavy (non-hydrogen) atoms. The first-order chi connectivity index (χ1) is 12.4. The fourth-order valence-electron chi connectivity index (χ4n) is 3.53. The molecule has 2 N–H and O–H groups in total. The van der Waals surface area contributed by atoms with Crippen LogP contribution in [0.25, 0.3) is 10.8 Å². The minimum Gasteiger partial charge on any atom is -0.352 e. The van der Waals surface area contributed by atoms with Crippen LogP contribution in [0.2, 0.25) is 0 Å². The third kappa shape index (κ3) is 4.19. The Bertz CT molecular complexity index is 822. The maximum Gasteiger partial charge on any atom is 0.252 e. The van der Waals surface area contributed by atoms with Crippen molar-refractivity contribution in [1.82, 2.24) is 15.5 Å². The molecular weight excluding hydrogens is 333 g/mol. The van der Waals surface area contributed by atoms with Gasteiger partial charge in [-0.15, -0.1) is 0 Å². The van der Waals surface area contributed by atoms with Gasteiger partial charge in [0, 0.05) is 23.0 Å². The first-order valence-corrected chi connectivity index (χ1v) is 8.86. The Labute approximate surface area is 152 Å². The maximum atomic E-state index is 13.9. The maximum absolute atomic E-state index is 13.9. The molecule has 2 aromatic rings. The molecule has 0 radical (unpaired) electrons. The van der Waals surface area contributed by atoms with Crippen molar-refractivity contribution in [2.24, 2.45) is 0 Å². The van der Waals surface area contributed by atoms with Crippen molar-refractivity contribution in [1.29, 1.82) is 0 Å². The highest BCUT2D eigenvalue weighted by atomic mass is 19.1. The summed E-state index contributed by atoms with van der Waals surface area (Å²) in [5.74, 6) is -0.537. The number of hydrogen-bond acceptors (Lipinski definition) is 3. The van der Waals surface area contributed by atoms with E-state index in [4.69, 9.17) is 0 Å². The molecular formula is C20H24FN3O2. The summed E-state index contributed by atoms with van der Waals surface area (Å²) in [4.78, 5) is 26.4. The zero-order chi connectivity index (χ0) is 18.7. The average molecular weight is 357 g/mol. The van der Waals surface area contributed by atoms with E-state index in [1.807, 2.05) is 19.0 Å². The summed E-state index contributed by atoms with van der Waals surface area (Å²) >= 11 is 0. The summed E-state index contributed by atoms with van der Waals surface area (Å²) in [5, 5.41) is 7.09. The van der Waals surface area contributed by atoms with Crippen LogP contribution in [-0.4, -0.2) is 49.4 Å². The Balaban J connectivity index is 1.63. The van der Waals surface area contributed by atoms with Crippen molar-refractivity contribution in [3.8, 4) is 0 Å². The molecule has 1 aliphatic rings. The zero-order valence-corrected chi connectivity index (χ0v) is 15.1. The minimum absolute atomic E-state index is 0.00324. The largest absolute Gasteiger partial charge is 0.352 e. The number of hydrogen-bond donors (Lipinski definition) is 2. The molecule has 0 aromatic heterocycles. The highest BCUT2D eigenvalue weighted by Crippen LogP contribution is 2.24. The van der Waals surface area contributed by atoms with E-state index < -0.39 is 0 Å². The first-order valence-electron chi connectivity index (χ1n) is 8.86. The second kappa shape index (κ2) is 7.83. The molecule has 1 fully saturated rings. The van der Waals surface area contributed by atoms with E-state index in [1.165, 1.54) is 12.1 Å². The molecule has 2 atom stereocenters. The lowest BCUT2D eigenvalue weighted by Gasteiger charge is -2.17. The van der Waals surface area contributed by atoms with E-state index in [-0.39, 0.29) is 29.7 Å². The van der Waals surface area contributed by atoms with Crippen molar-refractivity contribution in [3.63, 3.8) is 0 Å². The molecule has 0 aliphatic heterocycles. The van der Waals surface area contributed by atoms with Gasteiger partial charge in [0.15, 0.2) is 0 Å². The summed E-state index contributed by atoms with van der Waals surface area (Å²) < 4.78 is 13.9. The first kappa shape index (κ1) is 18.3. The molecule has 138 valence electrons. The second-order valence-corrected chi connectivity index (χ2v) is 7.13. The monoisotopic (exact) mass is 357 g/mol. The predicted molar refractivity (Wildman–Crippen MR) is 99.5 cm³/mol. The fraction of sp³-hybridized carbons (Fsp3) is 0.400. The number of amides is 2. The van der Waals surface area contributed by atoms with Crippen LogP contribution in [0.1, 0.15) is 29.6 Å². The summed E-state index contributed by atoms with van der Waals surface area (Å²) in [6.07, 6.45) is 2.37. The van der Waals surface area contributed by atoms with E-state index in [0.29, 0.717) is 29.3 Å². The van der Waals surface area contributed by atoms with E-state index in [0.717, 1.165) is 12.8 Å². The van der Waals surface area contributed by atoms with Crippen molar-refractivity contribution in [2.45, 2.75) is 31.3 Å². The van der Waals surface area contributed by atoms with Crippen LogP contribution in [0.15, 0.2) is 36.4 Å². The van der Waals surface area contributed by atoms with Crippen LogP contribution < -0.4 is 10.6 Å². The predicted octanol–water partition coefficient (Wildman–Crippen LogP) is 2.31. The number of rotatable bonds is 5. The summed E-state index contributed by atoms with van der Waals surface area (Å²) in [6.45, 7) is 0.356. The Hall–Kier alpha value is -2.47. The Morgan fingerprint density at radius 1 is 1.04 bits per heavy atom. The van der Waals surface area contributed by atoms with Crippen molar-refractivity contribution < 1.29 is 14.0 Å². The Kier molecular flexibility index (Phi) is 5.52. The number of fused-ring (bicyclic) bond motifs is 1. The van der Waals surface area contributed by atoms with Gasteiger partial charge in [-0.1, -0.05) is 24.3 Å². The number of nitrogens with one attached hydrogen (secondary N) is 2. The lowest BCUT2D eigenvalue weighted by molar-refractivity contribution is -0.122. The van der Waals surface area contributed by atoms with Crippen LogP contribution in [-0.2, 0) is 4.79 Å². The number of halogens is 1. The van der Waals surface area contributed by atoms with Crippen LogP contribution in [0.5, 0.6) is 0 Å². The topological polar surface area (TPSA) is 61.4 Å². The SMILES string of the molecule is CN(C)CC(=O)N[C@@H]1CC[C@H](NC(=O)c2ccc(F)c3ccccc23)C1. The normalized spacial score (nSPS) is 19.7. The molecule has 1 saturated carbocycles. The van der Waals surface area contributed by atoms with Crippen LogP contribution >= 0.6 is 0 Å². The van der Waals surface area contributed by atoms with Gasteiger partial charge in [-0.25, -0.2) is 4.39 Å². The molecule has 0 unspecified atom stereocenters. The molecule has 2 amide bonds. The van der Waals surface area contributed by atoms with Crippen LogP contribution in [0, 0.1) is 5.82 Å². The van der Waals surface area contributed by atoms with Gasteiger partial charge < -0.3 is 15.5 Å². The Morgan fingerprint density at radius 3 is 2.38 bits per heavy atom. The van der Waals surface area contributed by atoms with E-state index in [9.17, 15) is 14.0 Å². The molecule has 5 nitrogen and oxygen atoms in total.